The molecule has 1 saturated heterocycles. The minimum absolute atomic E-state index is 0.408. The molecule has 5 heteroatoms. The molecule has 1 heterocycles. The summed E-state index contributed by atoms with van der Waals surface area (Å²) in [6, 6.07) is 2.84. The van der Waals surface area contributed by atoms with E-state index >= 15 is 0 Å². The summed E-state index contributed by atoms with van der Waals surface area (Å²) < 4.78 is 31.4. The second-order valence-electron chi connectivity index (χ2n) is 4.81. The van der Waals surface area contributed by atoms with E-state index in [1.165, 1.54) is 13.2 Å². The Labute approximate surface area is 112 Å². The van der Waals surface area contributed by atoms with Crippen LogP contribution in [0.4, 0.5) is 8.78 Å². The fraction of sp³-hybridized carbons (Fsp3) is 0.571. The summed E-state index contributed by atoms with van der Waals surface area (Å²) in [5, 5.41) is 6.75. The average Bonchev–Trinajstić information content (AvgIpc) is 2.43. The number of hydrogen-bond acceptors (Lipinski definition) is 3. The summed E-state index contributed by atoms with van der Waals surface area (Å²) >= 11 is 0. The predicted molar refractivity (Wildman–Crippen MR) is 70.5 cm³/mol. The van der Waals surface area contributed by atoms with Gasteiger partial charge in [0.25, 0.3) is 0 Å². The molecule has 1 fully saturated rings. The molecule has 1 aliphatic heterocycles. The largest absolute Gasteiger partial charge is 0.496 e. The van der Waals surface area contributed by atoms with Crippen molar-refractivity contribution >= 4 is 0 Å². The first-order chi connectivity index (χ1) is 9.20. The molecule has 3 nitrogen and oxygen atoms in total. The molecule has 1 aliphatic rings. The molecule has 0 saturated carbocycles. The number of halogens is 2. The van der Waals surface area contributed by atoms with Gasteiger partial charge in [-0.15, -0.1) is 0 Å². The van der Waals surface area contributed by atoms with Gasteiger partial charge in [-0.3, -0.25) is 0 Å². The lowest BCUT2D eigenvalue weighted by molar-refractivity contribution is 0.383. The summed E-state index contributed by atoms with van der Waals surface area (Å²) in [5.74, 6) is -1.28. The van der Waals surface area contributed by atoms with Crippen molar-refractivity contribution in [2.45, 2.75) is 25.3 Å². The third kappa shape index (κ3) is 3.88. The van der Waals surface area contributed by atoms with Crippen LogP contribution in [-0.4, -0.2) is 32.8 Å². The predicted octanol–water partition coefficient (Wildman–Crippen LogP) is 1.86. The summed E-state index contributed by atoms with van der Waals surface area (Å²) in [6.45, 7) is 2.81. The smallest absolute Gasteiger partial charge is 0.162 e. The molecule has 0 bridgehead atoms. The monoisotopic (exact) mass is 270 g/mol. The summed E-state index contributed by atoms with van der Waals surface area (Å²) in [4.78, 5) is 0. The van der Waals surface area contributed by atoms with Gasteiger partial charge in [0.05, 0.1) is 7.11 Å². The lowest BCUT2D eigenvalue weighted by Gasteiger charge is -2.23. The average molecular weight is 270 g/mol. The molecule has 2 N–H and O–H groups in total. The van der Waals surface area contributed by atoms with E-state index in [2.05, 4.69) is 10.6 Å². The van der Waals surface area contributed by atoms with Crippen LogP contribution in [0.2, 0.25) is 0 Å². The van der Waals surface area contributed by atoms with E-state index in [-0.39, 0.29) is 0 Å². The molecule has 0 spiro atoms. The first kappa shape index (κ1) is 14.2. The lowest BCUT2D eigenvalue weighted by atomic mass is 10.1. The van der Waals surface area contributed by atoms with Crippen LogP contribution in [0.5, 0.6) is 5.75 Å². The molecule has 106 valence electrons. The van der Waals surface area contributed by atoms with Gasteiger partial charge in [0, 0.05) is 12.1 Å². The highest BCUT2D eigenvalue weighted by Crippen LogP contribution is 2.22. The molecule has 0 unspecified atom stereocenters. The van der Waals surface area contributed by atoms with Crippen LogP contribution >= 0.6 is 0 Å². The zero-order valence-corrected chi connectivity index (χ0v) is 11.1. The Kier molecular flexibility index (Phi) is 5.10. The van der Waals surface area contributed by atoms with Crippen molar-refractivity contribution in [1.29, 1.82) is 0 Å². The second-order valence-corrected chi connectivity index (χ2v) is 4.81. The highest BCUT2D eigenvalue weighted by Gasteiger charge is 2.13. The van der Waals surface area contributed by atoms with Crippen LogP contribution in [0.25, 0.3) is 0 Å². The maximum Gasteiger partial charge on any atom is 0.162 e. The first-order valence-electron chi connectivity index (χ1n) is 6.66. The number of methoxy groups -OCH3 is 1. The minimum Gasteiger partial charge on any atom is -0.496 e. The fourth-order valence-electron chi connectivity index (χ4n) is 2.39. The molecule has 0 amide bonds. The molecule has 1 aromatic rings. The van der Waals surface area contributed by atoms with E-state index in [1.54, 1.807) is 0 Å². The van der Waals surface area contributed by atoms with E-state index < -0.39 is 11.6 Å². The van der Waals surface area contributed by atoms with Gasteiger partial charge in [0.2, 0.25) is 0 Å². The van der Waals surface area contributed by atoms with Crippen LogP contribution in [-0.2, 0) is 6.42 Å². The fourth-order valence-corrected chi connectivity index (χ4v) is 2.39. The van der Waals surface area contributed by atoms with Gasteiger partial charge < -0.3 is 15.4 Å². The van der Waals surface area contributed by atoms with Crippen molar-refractivity contribution in [2.75, 3.05) is 26.7 Å². The lowest BCUT2D eigenvalue weighted by Crippen LogP contribution is -2.40. The molecule has 0 aromatic heterocycles. The molecule has 0 radical (unpaired) electrons. The molecule has 0 aliphatic carbocycles. The number of benzene rings is 1. The molecule has 1 aromatic carbocycles. The number of hydrogen-bond donors (Lipinski definition) is 2. The summed E-state index contributed by atoms with van der Waals surface area (Å²) in [6.07, 6.45) is 2.84. The minimum atomic E-state index is -0.869. The van der Waals surface area contributed by atoms with Crippen molar-refractivity contribution in [3.05, 3.63) is 29.3 Å². The third-order valence-electron chi connectivity index (χ3n) is 3.49. The van der Waals surface area contributed by atoms with Crippen molar-refractivity contribution < 1.29 is 13.5 Å². The van der Waals surface area contributed by atoms with Crippen LogP contribution in [0.3, 0.4) is 0 Å². The Balaban J connectivity index is 1.89. The zero-order valence-electron chi connectivity index (χ0n) is 11.1. The number of ether oxygens (including phenoxy) is 1. The van der Waals surface area contributed by atoms with Gasteiger partial charge in [0.1, 0.15) is 5.75 Å². The van der Waals surface area contributed by atoms with Crippen molar-refractivity contribution in [3.63, 3.8) is 0 Å². The van der Waals surface area contributed by atoms with Gasteiger partial charge in [-0.2, -0.15) is 0 Å². The van der Waals surface area contributed by atoms with Crippen LogP contribution in [0.15, 0.2) is 12.1 Å². The van der Waals surface area contributed by atoms with Gasteiger partial charge >= 0.3 is 0 Å². The van der Waals surface area contributed by atoms with Crippen molar-refractivity contribution in [1.82, 2.24) is 10.6 Å². The maximum atomic E-state index is 13.2. The van der Waals surface area contributed by atoms with Crippen molar-refractivity contribution in [2.24, 2.45) is 0 Å². The third-order valence-corrected chi connectivity index (χ3v) is 3.49. The quantitative estimate of drug-likeness (QED) is 0.857. The SMILES string of the molecule is COc1cc(F)c(F)cc1CCNC1CCNCC1. The Morgan fingerprint density at radius 1 is 1.26 bits per heavy atom. The highest BCUT2D eigenvalue weighted by molar-refractivity contribution is 5.35. The van der Waals surface area contributed by atoms with E-state index in [0.717, 1.165) is 38.5 Å². The highest BCUT2D eigenvalue weighted by atomic mass is 19.2. The summed E-state index contributed by atoms with van der Waals surface area (Å²) in [5.41, 5.74) is 0.697. The Hall–Kier alpha value is -1.20. The maximum absolute atomic E-state index is 13.2. The van der Waals surface area contributed by atoms with E-state index in [0.29, 0.717) is 23.8 Å². The molecular weight excluding hydrogens is 250 g/mol. The number of nitrogens with one attached hydrogen (secondary N) is 2. The molecule has 0 atom stereocenters. The molecule has 2 rings (SSSR count). The molecular formula is C14H20F2N2O. The van der Waals surface area contributed by atoms with E-state index in [1.807, 2.05) is 0 Å². The van der Waals surface area contributed by atoms with Crippen LogP contribution in [0, 0.1) is 11.6 Å². The Morgan fingerprint density at radius 3 is 2.63 bits per heavy atom. The zero-order chi connectivity index (χ0) is 13.7. The van der Waals surface area contributed by atoms with E-state index in [4.69, 9.17) is 4.74 Å². The van der Waals surface area contributed by atoms with Gasteiger partial charge in [-0.1, -0.05) is 0 Å². The standard InChI is InChI=1S/C14H20F2N2O/c1-19-14-9-13(16)12(15)8-10(14)2-7-18-11-3-5-17-6-4-11/h8-9,11,17-18H,2-7H2,1H3. The Bertz CT molecular complexity index is 420. The topological polar surface area (TPSA) is 33.3 Å². The second kappa shape index (κ2) is 6.82. The Morgan fingerprint density at radius 2 is 1.95 bits per heavy atom. The van der Waals surface area contributed by atoms with Gasteiger partial charge in [0.15, 0.2) is 11.6 Å². The molecule has 19 heavy (non-hydrogen) atoms. The van der Waals surface area contributed by atoms with Crippen LogP contribution < -0.4 is 15.4 Å². The normalized spacial score (nSPS) is 16.6. The summed E-state index contributed by atoms with van der Waals surface area (Å²) in [7, 11) is 1.47. The first-order valence-corrected chi connectivity index (χ1v) is 6.66. The van der Waals surface area contributed by atoms with Gasteiger partial charge in [-0.25, -0.2) is 8.78 Å². The van der Waals surface area contributed by atoms with E-state index in [9.17, 15) is 8.78 Å². The van der Waals surface area contributed by atoms with Gasteiger partial charge in [-0.05, 0) is 50.5 Å². The van der Waals surface area contributed by atoms with Crippen LogP contribution in [0.1, 0.15) is 18.4 Å². The van der Waals surface area contributed by atoms with Crippen molar-refractivity contribution in [3.8, 4) is 5.75 Å². The number of piperidine rings is 1. The number of rotatable bonds is 5.